The number of hydrogen-bond acceptors (Lipinski definition) is 8. The van der Waals surface area contributed by atoms with Gasteiger partial charge in [-0.2, -0.15) is 9.78 Å². The zero-order valence-corrected chi connectivity index (χ0v) is 24.4. The average molecular weight is 631 g/mol. The number of rotatable bonds is 8. The first-order chi connectivity index (χ1) is 20.5. The summed E-state index contributed by atoms with van der Waals surface area (Å²) in [5, 5.41) is 5.83. The fourth-order valence-corrected chi connectivity index (χ4v) is 5.05. The number of morpholine rings is 1. The van der Waals surface area contributed by atoms with Gasteiger partial charge in [0.15, 0.2) is 23.9 Å². The molecule has 0 N–H and O–H groups in total. The minimum absolute atomic E-state index is 0.108. The van der Waals surface area contributed by atoms with Gasteiger partial charge in [-0.25, -0.2) is 4.98 Å². The summed E-state index contributed by atoms with van der Waals surface area (Å²) in [6.07, 6.45) is 1.55. The Morgan fingerprint density at radius 3 is 2.71 bits per heavy atom. The quantitative estimate of drug-likeness (QED) is 0.220. The van der Waals surface area contributed by atoms with Crippen LogP contribution in [0.4, 0.5) is 0 Å². The van der Waals surface area contributed by atoms with Gasteiger partial charge >= 0.3 is 0 Å². The normalized spacial score (nSPS) is 13.7. The number of furan rings is 1. The highest BCUT2D eigenvalue weighted by atomic mass is 79.9. The number of fused-ring (bicyclic) bond motifs is 2. The van der Waals surface area contributed by atoms with Crippen LogP contribution in [0.1, 0.15) is 12.5 Å². The van der Waals surface area contributed by atoms with E-state index in [1.165, 1.54) is 4.68 Å². The Kier molecular flexibility index (Phi) is 8.02. The van der Waals surface area contributed by atoms with Crippen molar-refractivity contribution in [3.63, 3.8) is 0 Å². The lowest BCUT2D eigenvalue weighted by molar-refractivity contribution is -0.137. The zero-order chi connectivity index (χ0) is 29.1. The van der Waals surface area contributed by atoms with E-state index in [2.05, 4.69) is 21.0 Å². The first-order valence-corrected chi connectivity index (χ1v) is 14.3. The van der Waals surface area contributed by atoms with Crippen LogP contribution < -0.4 is 15.0 Å². The largest absolute Gasteiger partial charge is 0.490 e. The maximum atomic E-state index is 13.6. The predicted octanol–water partition coefficient (Wildman–Crippen LogP) is 5.09. The Labute approximate surface area is 249 Å². The van der Waals surface area contributed by atoms with Gasteiger partial charge in [-0.05, 0) is 67.1 Å². The molecule has 0 saturated carbocycles. The third kappa shape index (κ3) is 5.79. The van der Waals surface area contributed by atoms with Gasteiger partial charge in [-0.1, -0.05) is 28.1 Å². The molecule has 214 valence electrons. The number of aromatic nitrogens is 2. The number of carbonyl (C=O) groups excluding carboxylic acids is 1. The molecule has 0 unspecified atom stereocenters. The molecule has 11 heteroatoms. The summed E-state index contributed by atoms with van der Waals surface area (Å²) in [6, 6.07) is 19.9. The minimum atomic E-state index is -0.333. The molecule has 1 fully saturated rings. The van der Waals surface area contributed by atoms with Gasteiger partial charge in [0.1, 0.15) is 5.58 Å². The Hall–Kier alpha value is -4.48. The second-order valence-corrected chi connectivity index (χ2v) is 10.4. The zero-order valence-electron chi connectivity index (χ0n) is 22.8. The second-order valence-electron chi connectivity index (χ2n) is 9.53. The molecule has 0 atom stereocenters. The lowest BCUT2D eigenvalue weighted by atomic mass is 10.2. The Morgan fingerprint density at radius 2 is 1.88 bits per heavy atom. The van der Waals surface area contributed by atoms with E-state index in [0.717, 1.165) is 9.86 Å². The van der Waals surface area contributed by atoms with Gasteiger partial charge in [-0.15, -0.1) is 0 Å². The van der Waals surface area contributed by atoms with Crippen LogP contribution in [0.5, 0.6) is 11.5 Å². The van der Waals surface area contributed by atoms with Crippen molar-refractivity contribution in [2.45, 2.75) is 6.92 Å². The van der Waals surface area contributed by atoms with E-state index in [-0.39, 0.29) is 23.9 Å². The molecule has 6 rings (SSSR count). The molecule has 1 aliphatic heterocycles. The van der Waals surface area contributed by atoms with Crippen molar-refractivity contribution in [1.82, 2.24) is 14.6 Å². The highest BCUT2D eigenvalue weighted by molar-refractivity contribution is 9.10. The predicted molar refractivity (Wildman–Crippen MR) is 162 cm³/mol. The van der Waals surface area contributed by atoms with Crippen molar-refractivity contribution in [3.05, 3.63) is 87.1 Å². The molecule has 0 spiro atoms. The summed E-state index contributed by atoms with van der Waals surface area (Å²) in [6.45, 7) is 4.30. The van der Waals surface area contributed by atoms with Gasteiger partial charge in [0.2, 0.25) is 5.82 Å². The maximum Gasteiger partial charge on any atom is 0.282 e. The molecule has 0 radical (unpaired) electrons. The summed E-state index contributed by atoms with van der Waals surface area (Å²) in [5.41, 5.74) is 1.53. The van der Waals surface area contributed by atoms with Crippen molar-refractivity contribution in [3.8, 4) is 23.1 Å². The van der Waals surface area contributed by atoms with E-state index in [9.17, 15) is 9.59 Å². The number of amides is 1. The van der Waals surface area contributed by atoms with E-state index >= 15 is 0 Å². The molecular formula is C31H27BrN4O6. The van der Waals surface area contributed by atoms with Crippen LogP contribution in [-0.4, -0.2) is 66.2 Å². The second kappa shape index (κ2) is 12.2. The van der Waals surface area contributed by atoms with Crippen LogP contribution in [0.2, 0.25) is 0 Å². The summed E-state index contributed by atoms with van der Waals surface area (Å²) < 4.78 is 25.1. The van der Waals surface area contributed by atoms with Crippen molar-refractivity contribution in [2.75, 3.05) is 39.5 Å². The van der Waals surface area contributed by atoms with Crippen LogP contribution in [0, 0.1) is 0 Å². The topological polar surface area (TPSA) is 108 Å². The number of benzene rings is 3. The summed E-state index contributed by atoms with van der Waals surface area (Å²) in [5.74, 6) is 1.47. The molecule has 3 heterocycles. The molecule has 1 saturated heterocycles. The fourth-order valence-electron chi connectivity index (χ4n) is 4.68. The molecule has 0 bridgehead atoms. The van der Waals surface area contributed by atoms with Gasteiger partial charge in [0.05, 0.1) is 36.9 Å². The fraction of sp³-hybridized carbons (Fsp3) is 0.226. The monoisotopic (exact) mass is 630 g/mol. The first-order valence-electron chi connectivity index (χ1n) is 13.5. The Bertz CT molecular complexity index is 1860. The van der Waals surface area contributed by atoms with Gasteiger partial charge in [0.25, 0.3) is 11.5 Å². The first kappa shape index (κ1) is 27.7. The maximum absolute atomic E-state index is 13.6. The highest BCUT2D eigenvalue weighted by Gasteiger charge is 2.19. The number of hydrogen-bond donors (Lipinski definition) is 0. The SMILES string of the molecule is CCOc1cc(C=Nn2c(-c3cc4cc(Br)ccc4o3)nc3ccccc3c2=O)ccc1OCC(=O)N1CCOCC1. The van der Waals surface area contributed by atoms with E-state index in [0.29, 0.717) is 72.2 Å². The van der Waals surface area contributed by atoms with E-state index < -0.39 is 0 Å². The number of halogens is 1. The molecule has 0 aliphatic carbocycles. The molecule has 42 heavy (non-hydrogen) atoms. The Balaban J connectivity index is 1.33. The van der Waals surface area contributed by atoms with E-state index in [4.69, 9.17) is 23.6 Å². The lowest BCUT2D eigenvalue weighted by Gasteiger charge is -2.26. The van der Waals surface area contributed by atoms with Crippen LogP contribution in [0.3, 0.4) is 0 Å². The number of nitrogens with zero attached hydrogens (tertiary/aromatic N) is 4. The van der Waals surface area contributed by atoms with E-state index in [1.54, 1.807) is 47.5 Å². The average Bonchev–Trinajstić information content (AvgIpc) is 3.43. The number of carbonyl (C=O) groups is 1. The number of para-hydroxylation sites is 1. The van der Waals surface area contributed by atoms with Crippen LogP contribution in [-0.2, 0) is 9.53 Å². The number of ether oxygens (including phenoxy) is 3. The molecule has 3 aromatic carbocycles. The summed E-state index contributed by atoms with van der Waals surface area (Å²) >= 11 is 3.49. The van der Waals surface area contributed by atoms with Gasteiger partial charge in [-0.3, -0.25) is 9.59 Å². The highest BCUT2D eigenvalue weighted by Crippen LogP contribution is 2.30. The van der Waals surface area contributed by atoms with Crippen LogP contribution in [0.25, 0.3) is 33.5 Å². The van der Waals surface area contributed by atoms with Gasteiger partial charge < -0.3 is 23.5 Å². The van der Waals surface area contributed by atoms with Crippen molar-refractivity contribution in [2.24, 2.45) is 5.10 Å². The van der Waals surface area contributed by atoms with Crippen LogP contribution in [0.15, 0.2) is 85.5 Å². The minimum Gasteiger partial charge on any atom is -0.490 e. The molecule has 2 aromatic heterocycles. The Morgan fingerprint density at radius 1 is 1.05 bits per heavy atom. The standard InChI is InChI=1S/C31H27BrN4O6/c1-2-40-27-15-20(7-9-26(27)41-19-29(37)35-11-13-39-14-12-35)18-33-36-30(34-24-6-4-3-5-23(24)31(36)38)28-17-21-16-22(32)8-10-25(21)42-28/h3-10,15-18H,2,11-14,19H2,1H3. The molecule has 1 amide bonds. The van der Waals surface area contributed by atoms with Crippen molar-refractivity contribution < 1.29 is 23.4 Å². The van der Waals surface area contributed by atoms with Crippen molar-refractivity contribution in [1.29, 1.82) is 0 Å². The van der Waals surface area contributed by atoms with Gasteiger partial charge in [0, 0.05) is 22.9 Å². The van der Waals surface area contributed by atoms with E-state index in [1.807, 2.05) is 37.3 Å². The molecular weight excluding hydrogens is 604 g/mol. The summed E-state index contributed by atoms with van der Waals surface area (Å²) in [4.78, 5) is 32.6. The third-order valence-electron chi connectivity index (χ3n) is 6.76. The third-order valence-corrected chi connectivity index (χ3v) is 7.25. The summed E-state index contributed by atoms with van der Waals surface area (Å²) in [7, 11) is 0. The molecule has 10 nitrogen and oxygen atoms in total. The molecule has 1 aliphatic rings. The molecule has 5 aromatic rings. The smallest absolute Gasteiger partial charge is 0.282 e. The van der Waals surface area contributed by atoms with Crippen LogP contribution >= 0.6 is 15.9 Å². The van der Waals surface area contributed by atoms with Crippen molar-refractivity contribution >= 4 is 49.9 Å². The lowest BCUT2D eigenvalue weighted by Crippen LogP contribution is -2.43.